The standard InChI is InChI=1S/C10H11ClO2.C2H6/c1-3-13-10(12)8-5-4-7(2)6-9(8)11;1-2/h4-6H,3H2,1-2H3;1-2H3. The molecular weight excluding hydrogens is 212 g/mol. The van der Waals surface area contributed by atoms with Crippen molar-refractivity contribution in [2.75, 3.05) is 6.61 Å². The largest absolute Gasteiger partial charge is 0.462 e. The molecule has 1 rings (SSSR count). The van der Waals surface area contributed by atoms with E-state index < -0.39 is 0 Å². The quantitative estimate of drug-likeness (QED) is 0.719. The maximum atomic E-state index is 11.3. The third-order valence-electron chi connectivity index (χ3n) is 1.62. The molecule has 2 nitrogen and oxygen atoms in total. The summed E-state index contributed by atoms with van der Waals surface area (Å²) in [4.78, 5) is 11.3. The molecule has 0 saturated heterocycles. The van der Waals surface area contributed by atoms with Crippen LogP contribution < -0.4 is 0 Å². The summed E-state index contributed by atoms with van der Waals surface area (Å²) in [5.41, 5.74) is 1.45. The Kier molecular flexibility index (Phi) is 6.80. The molecular formula is C12H17ClO2. The molecule has 0 amide bonds. The number of aryl methyl sites for hydroxylation is 1. The Morgan fingerprint density at radius 1 is 1.40 bits per heavy atom. The van der Waals surface area contributed by atoms with Crippen LogP contribution in [-0.4, -0.2) is 12.6 Å². The van der Waals surface area contributed by atoms with Crippen LogP contribution in [0.2, 0.25) is 5.02 Å². The van der Waals surface area contributed by atoms with E-state index in [2.05, 4.69) is 0 Å². The van der Waals surface area contributed by atoms with E-state index in [1.54, 1.807) is 19.1 Å². The molecule has 0 saturated carbocycles. The van der Waals surface area contributed by atoms with Crippen LogP contribution in [-0.2, 0) is 4.74 Å². The van der Waals surface area contributed by atoms with Gasteiger partial charge in [0.25, 0.3) is 0 Å². The number of carbonyl (C=O) groups is 1. The average Bonchev–Trinajstić information content (AvgIpc) is 2.21. The van der Waals surface area contributed by atoms with Gasteiger partial charge in [0, 0.05) is 0 Å². The lowest BCUT2D eigenvalue weighted by atomic mass is 10.1. The van der Waals surface area contributed by atoms with Crippen molar-refractivity contribution in [1.29, 1.82) is 0 Å². The van der Waals surface area contributed by atoms with Gasteiger partial charge >= 0.3 is 5.97 Å². The number of ether oxygens (including phenoxy) is 1. The normalized spacial score (nSPS) is 8.87. The van der Waals surface area contributed by atoms with E-state index in [0.717, 1.165) is 5.56 Å². The van der Waals surface area contributed by atoms with Crippen LogP contribution in [0, 0.1) is 6.92 Å². The first-order valence-electron chi connectivity index (χ1n) is 5.08. The van der Waals surface area contributed by atoms with E-state index in [1.165, 1.54) is 0 Å². The lowest BCUT2D eigenvalue weighted by Crippen LogP contribution is -2.05. The van der Waals surface area contributed by atoms with Gasteiger partial charge in [-0.15, -0.1) is 0 Å². The van der Waals surface area contributed by atoms with E-state index in [-0.39, 0.29) is 5.97 Å². The summed E-state index contributed by atoms with van der Waals surface area (Å²) in [5.74, 6) is -0.368. The van der Waals surface area contributed by atoms with Crippen molar-refractivity contribution in [1.82, 2.24) is 0 Å². The van der Waals surface area contributed by atoms with Gasteiger partial charge in [0.2, 0.25) is 0 Å². The summed E-state index contributed by atoms with van der Waals surface area (Å²) < 4.78 is 4.83. The molecule has 1 aromatic rings. The molecule has 0 spiro atoms. The van der Waals surface area contributed by atoms with Crippen molar-refractivity contribution >= 4 is 17.6 Å². The summed E-state index contributed by atoms with van der Waals surface area (Å²) in [5, 5.41) is 0.443. The number of halogens is 1. The topological polar surface area (TPSA) is 26.3 Å². The van der Waals surface area contributed by atoms with Crippen molar-refractivity contribution in [3.63, 3.8) is 0 Å². The van der Waals surface area contributed by atoms with Crippen LogP contribution in [0.25, 0.3) is 0 Å². The maximum absolute atomic E-state index is 11.3. The molecule has 0 aliphatic carbocycles. The lowest BCUT2D eigenvalue weighted by Gasteiger charge is -2.03. The first-order chi connectivity index (χ1) is 7.15. The number of hydrogen-bond donors (Lipinski definition) is 0. The highest BCUT2D eigenvalue weighted by Crippen LogP contribution is 2.18. The second-order valence-corrected chi connectivity index (χ2v) is 3.11. The van der Waals surface area contributed by atoms with E-state index in [4.69, 9.17) is 16.3 Å². The number of hydrogen-bond acceptors (Lipinski definition) is 2. The molecule has 0 atom stereocenters. The van der Waals surface area contributed by atoms with Crippen molar-refractivity contribution in [3.8, 4) is 0 Å². The van der Waals surface area contributed by atoms with Gasteiger partial charge in [0.15, 0.2) is 0 Å². The van der Waals surface area contributed by atoms with Crippen LogP contribution in [0.1, 0.15) is 36.7 Å². The van der Waals surface area contributed by atoms with E-state index in [0.29, 0.717) is 17.2 Å². The van der Waals surface area contributed by atoms with Crippen molar-refractivity contribution in [2.24, 2.45) is 0 Å². The molecule has 0 fully saturated rings. The third-order valence-corrected chi connectivity index (χ3v) is 1.93. The minimum Gasteiger partial charge on any atom is -0.462 e. The van der Waals surface area contributed by atoms with Gasteiger partial charge in [-0.1, -0.05) is 31.5 Å². The van der Waals surface area contributed by atoms with Crippen LogP contribution in [0.3, 0.4) is 0 Å². The van der Waals surface area contributed by atoms with Crippen LogP contribution in [0.5, 0.6) is 0 Å². The summed E-state index contributed by atoms with van der Waals surface area (Å²) in [6, 6.07) is 5.25. The highest BCUT2D eigenvalue weighted by molar-refractivity contribution is 6.33. The van der Waals surface area contributed by atoms with E-state index in [1.807, 2.05) is 26.8 Å². The highest BCUT2D eigenvalue weighted by atomic mass is 35.5. The van der Waals surface area contributed by atoms with Crippen molar-refractivity contribution in [2.45, 2.75) is 27.7 Å². The molecule has 15 heavy (non-hydrogen) atoms. The predicted molar refractivity (Wildman–Crippen MR) is 63.5 cm³/mol. The first kappa shape index (κ1) is 14.0. The molecule has 1 aromatic carbocycles. The smallest absolute Gasteiger partial charge is 0.339 e. The van der Waals surface area contributed by atoms with Gasteiger partial charge in [-0.05, 0) is 31.5 Å². The molecule has 0 heterocycles. The average molecular weight is 229 g/mol. The number of rotatable bonds is 2. The third kappa shape index (κ3) is 4.34. The van der Waals surface area contributed by atoms with Crippen LogP contribution in [0.4, 0.5) is 0 Å². The van der Waals surface area contributed by atoms with Crippen molar-refractivity contribution < 1.29 is 9.53 Å². The number of benzene rings is 1. The molecule has 0 unspecified atom stereocenters. The Bertz CT molecular complexity index is 321. The Balaban J connectivity index is 0.000000921. The number of carbonyl (C=O) groups excluding carboxylic acids is 1. The molecule has 0 aliphatic heterocycles. The van der Waals surface area contributed by atoms with Crippen molar-refractivity contribution in [3.05, 3.63) is 34.3 Å². The SMILES string of the molecule is CC.CCOC(=O)c1ccc(C)cc1Cl. The van der Waals surface area contributed by atoms with Gasteiger partial charge in [0.1, 0.15) is 0 Å². The second-order valence-electron chi connectivity index (χ2n) is 2.70. The fourth-order valence-electron chi connectivity index (χ4n) is 0.995. The maximum Gasteiger partial charge on any atom is 0.339 e. The van der Waals surface area contributed by atoms with E-state index in [9.17, 15) is 4.79 Å². The summed E-state index contributed by atoms with van der Waals surface area (Å²) in [7, 11) is 0. The highest BCUT2D eigenvalue weighted by Gasteiger charge is 2.10. The van der Waals surface area contributed by atoms with Gasteiger partial charge in [-0.25, -0.2) is 4.79 Å². The minimum atomic E-state index is -0.368. The summed E-state index contributed by atoms with van der Waals surface area (Å²) in [6.07, 6.45) is 0. The Hall–Kier alpha value is -1.02. The van der Waals surface area contributed by atoms with Gasteiger partial charge in [-0.2, -0.15) is 0 Å². The fraction of sp³-hybridized carbons (Fsp3) is 0.417. The van der Waals surface area contributed by atoms with Gasteiger partial charge in [-0.3, -0.25) is 0 Å². The van der Waals surface area contributed by atoms with Gasteiger partial charge in [0.05, 0.1) is 17.2 Å². The zero-order chi connectivity index (χ0) is 11.8. The summed E-state index contributed by atoms with van der Waals surface area (Å²) >= 11 is 5.86. The van der Waals surface area contributed by atoms with Crippen LogP contribution in [0.15, 0.2) is 18.2 Å². The molecule has 0 bridgehead atoms. The zero-order valence-electron chi connectivity index (χ0n) is 9.63. The minimum absolute atomic E-state index is 0.364. The Morgan fingerprint density at radius 3 is 2.47 bits per heavy atom. The molecule has 0 aliphatic rings. The lowest BCUT2D eigenvalue weighted by molar-refractivity contribution is 0.0526. The van der Waals surface area contributed by atoms with Crippen LogP contribution >= 0.6 is 11.6 Å². The zero-order valence-corrected chi connectivity index (χ0v) is 10.4. The molecule has 0 N–H and O–H groups in total. The van der Waals surface area contributed by atoms with E-state index >= 15 is 0 Å². The van der Waals surface area contributed by atoms with Gasteiger partial charge < -0.3 is 4.74 Å². The fourth-order valence-corrected chi connectivity index (χ4v) is 1.31. The number of esters is 1. The molecule has 3 heteroatoms. The molecule has 84 valence electrons. The predicted octanol–water partition coefficient (Wildman–Crippen LogP) is 3.85. The summed E-state index contributed by atoms with van der Waals surface area (Å²) in [6.45, 7) is 8.05. The Morgan fingerprint density at radius 2 is 2.00 bits per heavy atom. The molecule has 0 radical (unpaired) electrons. The second kappa shape index (κ2) is 7.30. The molecule has 0 aromatic heterocycles. The monoisotopic (exact) mass is 228 g/mol. The Labute approximate surface area is 96.2 Å². The first-order valence-corrected chi connectivity index (χ1v) is 5.46.